The van der Waals surface area contributed by atoms with Crippen molar-refractivity contribution in [1.29, 1.82) is 5.26 Å². The molecular weight excluding hydrogens is 758 g/mol. The summed E-state index contributed by atoms with van der Waals surface area (Å²) in [6, 6.07) is 41.6. The van der Waals surface area contributed by atoms with Crippen molar-refractivity contribution >= 4 is 108 Å². The van der Waals surface area contributed by atoms with E-state index >= 15 is 0 Å². The first kappa shape index (κ1) is 37.7. The summed E-state index contributed by atoms with van der Waals surface area (Å²) < 4.78 is 3.20. The third-order valence-corrected chi connectivity index (χ3v) is 12.4. The largest absolute Gasteiger partial charge is 0.289 e. The van der Waals surface area contributed by atoms with Crippen molar-refractivity contribution in [1.82, 2.24) is 0 Å². The predicted octanol–water partition coefficient (Wildman–Crippen LogP) is 12.2. The van der Waals surface area contributed by atoms with Crippen LogP contribution in [0.15, 0.2) is 153 Å². The summed E-state index contributed by atoms with van der Waals surface area (Å²) in [6.45, 7) is 4.00. The molecule has 8 aromatic rings. The smallest absolute Gasteiger partial charge is 0.225 e. The molecule has 0 aliphatic rings. The minimum absolute atomic E-state index is 0.0320. The maximum absolute atomic E-state index is 12.8. The molecule has 0 aliphatic carbocycles. The molecule has 260 valence electrons. The minimum atomic E-state index is -0.119. The van der Waals surface area contributed by atoms with Crippen LogP contribution in [0.3, 0.4) is 0 Å². The van der Waals surface area contributed by atoms with E-state index in [0.717, 1.165) is 47.4 Å². The highest BCUT2D eigenvalue weighted by atomic mass is 35.5. The lowest BCUT2D eigenvalue weighted by Gasteiger charge is -2.06. The molecule has 6 aromatic carbocycles. The van der Waals surface area contributed by atoms with Gasteiger partial charge in [-0.1, -0.05) is 61.8 Å². The van der Waals surface area contributed by atoms with E-state index < -0.39 is 0 Å². The fraction of sp³-hybridized carbons (Fsp3) is 0.0465. The summed E-state index contributed by atoms with van der Waals surface area (Å²) >= 11 is 11.1. The molecule has 0 bridgehead atoms. The van der Waals surface area contributed by atoms with Gasteiger partial charge in [-0.15, -0.1) is 22.7 Å². The Morgan fingerprint density at radius 2 is 0.943 bits per heavy atom. The second-order valence-electron chi connectivity index (χ2n) is 11.1. The van der Waals surface area contributed by atoms with Gasteiger partial charge in [0.25, 0.3) is 0 Å². The number of rotatable bonds is 4. The Labute approximate surface area is 326 Å². The zero-order chi connectivity index (χ0) is 37.5. The number of carbonyl (C=O) groups excluding carboxylic acids is 2. The summed E-state index contributed by atoms with van der Waals surface area (Å²) in [4.78, 5) is 52.7. The van der Waals surface area contributed by atoms with Crippen molar-refractivity contribution in [2.24, 2.45) is 0 Å². The number of thioether (sulfide) groups is 2. The second kappa shape index (κ2) is 17.2. The molecule has 0 atom stereocenters. The number of benzene rings is 6. The number of hydrogen-bond donors (Lipinski definition) is 0. The molecule has 8 rings (SSSR count). The highest BCUT2D eigenvalue weighted by molar-refractivity contribution is 8.14. The average molecular weight is 786 g/mol. The van der Waals surface area contributed by atoms with Crippen LogP contribution in [0.2, 0.25) is 5.02 Å². The third-order valence-electron chi connectivity index (χ3n) is 7.86. The SMILES string of the molecule is CC.N#Cc1ccc(SC(=O)c2cccc3c(=O)c4ccccc4sc23)cc1.O=C(Sc1ccc(Cl)cc1)c1cccc2c(=O)c3ccccc3sc12. The topological polar surface area (TPSA) is 92.1 Å². The lowest BCUT2D eigenvalue weighted by atomic mass is 10.1. The van der Waals surface area contributed by atoms with Crippen LogP contribution in [0.25, 0.3) is 40.3 Å². The Morgan fingerprint density at radius 1 is 0.547 bits per heavy atom. The summed E-state index contributed by atoms with van der Waals surface area (Å²) in [5.74, 6) is 0. The van der Waals surface area contributed by atoms with Crippen molar-refractivity contribution < 1.29 is 9.59 Å². The average Bonchev–Trinajstić information content (AvgIpc) is 3.20. The summed E-state index contributed by atoms with van der Waals surface area (Å²) in [5.41, 5.74) is 1.56. The molecule has 0 fully saturated rings. The molecule has 0 aliphatic heterocycles. The lowest BCUT2D eigenvalue weighted by Crippen LogP contribution is -2.03. The van der Waals surface area contributed by atoms with Crippen molar-refractivity contribution in [3.05, 3.63) is 176 Å². The Kier molecular flexibility index (Phi) is 12.2. The molecule has 0 unspecified atom stereocenters. The van der Waals surface area contributed by atoms with Gasteiger partial charge in [0.15, 0.2) is 10.9 Å². The van der Waals surface area contributed by atoms with Gasteiger partial charge in [0.2, 0.25) is 10.2 Å². The van der Waals surface area contributed by atoms with Gasteiger partial charge < -0.3 is 0 Å². The Bertz CT molecular complexity index is 2810. The van der Waals surface area contributed by atoms with E-state index in [0.29, 0.717) is 48.0 Å². The molecule has 0 saturated carbocycles. The quantitative estimate of drug-likeness (QED) is 0.130. The molecule has 53 heavy (non-hydrogen) atoms. The van der Waals surface area contributed by atoms with E-state index in [1.807, 2.05) is 74.5 Å². The number of nitriles is 1. The van der Waals surface area contributed by atoms with Crippen LogP contribution in [0, 0.1) is 11.3 Å². The van der Waals surface area contributed by atoms with Crippen LogP contribution in [-0.2, 0) is 0 Å². The predicted molar refractivity (Wildman–Crippen MR) is 226 cm³/mol. The highest BCUT2D eigenvalue weighted by Gasteiger charge is 2.17. The standard InChI is InChI=1S/C21H11NO2S2.C20H11ClO2S2.C2H6/c22-12-13-8-10-14(11-9-13)25-21(24)17-6-3-5-16-19(23)15-4-1-2-7-18(15)26-20(16)17;21-12-8-10-13(11-9-12)24-20(23)16-6-3-5-15-18(22)14-4-1-2-7-17(14)25-19(15)16;1-2/h1-11H;1-11H;1-2H3. The van der Waals surface area contributed by atoms with Crippen LogP contribution in [-0.4, -0.2) is 10.2 Å². The molecule has 10 heteroatoms. The van der Waals surface area contributed by atoms with Crippen LogP contribution in [0.1, 0.15) is 40.1 Å². The summed E-state index contributed by atoms with van der Waals surface area (Å²) in [6.07, 6.45) is 0. The van der Waals surface area contributed by atoms with Gasteiger partial charge >= 0.3 is 0 Å². The van der Waals surface area contributed by atoms with Crippen molar-refractivity contribution in [2.75, 3.05) is 0 Å². The van der Waals surface area contributed by atoms with Gasteiger partial charge in [0, 0.05) is 56.9 Å². The fourth-order valence-corrected chi connectivity index (χ4v) is 9.54. The van der Waals surface area contributed by atoms with Crippen LogP contribution in [0.5, 0.6) is 0 Å². The molecule has 2 heterocycles. The van der Waals surface area contributed by atoms with E-state index in [9.17, 15) is 19.2 Å². The number of fused-ring (bicyclic) bond motifs is 4. The highest BCUT2D eigenvalue weighted by Crippen LogP contribution is 2.33. The summed E-state index contributed by atoms with van der Waals surface area (Å²) in [7, 11) is 0. The normalized spacial score (nSPS) is 10.6. The van der Waals surface area contributed by atoms with Gasteiger partial charge in [-0.25, -0.2) is 0 Å². The molecule has 2 aromatic heterocycles. The molecular formula is C43H28ClNO4S4. The van der Waals surface area contributed by atoms with Crippen molar-refractivity contribution in [3.8, 4) is 6.07 Å². The van der Waals surface area contributed by atoms with Crippen molar-refractivity contribution in [2.45, 2.75) is 23.6 Å². The van der Waals surface area contributed by atoms with E-state index in [2.05, 4.69) is 6.07 Å². The first-order valence-corrected chi connectivity index (χ1v) is 20.0. The summed E-state index contributed by atoms with van der Waals surface area (Å²) in [5, 5.41) is 11.8. The van der Waals surface area contributed by atoms with Gasteiger partial charge in [-0.2, -0.15) is 5.26 Å². The first-order valence-electron chi connectivity index (χ1n) is 16.4. The Balaban J connectivity index is 0.000000173. The second-order valence-corrected chi connectivity index (χ2v) is 15.7. The van der Waals surface area contributed by atoms with Gasteiger partial charge in [-0.3, -0.25) is 19.2 Å². The third kappa shape index (κ3) is 8.28. The molecule has 5 nitrogen and oxygen atoms in total. The van der Waals surface area contributed by atoms with E-state index in [1.165, 1.54) is 22.7 Å². The maximum atomic E-state index is 12.8. The van der Waals surface area contributed by atoms with Crippen LogP contribution < -0.4 is 10.9 Å². The number of halogens is 1. The molecule has 0 saturated heterocycles. The molecule has 0 spiro atoms. The fourth-order valence-electron chi connectivity index (χ4n) is 5.39. The van der Waals surface area contributed by atoms with Crippen LogP contribution in [0.4, 0.5) is 0 Å². The molecule has 0 amide bonds. The van der Waals surface area contributed by atoms with Gasteiger partial charge in [0.05, 0.1) is 21.0 Å². The van der Waals surface area contributed by atoms with Gasteiger partial charge in [0.1, 0.15) is 0 Å². The zero-order valence-corrected chi connectivity index (χ0v) is 32.3. The zero-order valence-electron chi connectivity index (χ0n) is 28.3. The van der Waals surface area contributed by atoms with E-state index in [-0.39, 0.29) is 21.1 Å². The number of hydrogen-bond acceptors (Lipinski definition) is 9. The first-order chi connectivity index (χ1) is 25.8. The molecule has 0 radical (unpaired) electrons. The Hall–Kier alpha value is -5.08. The monoisotopic (exact) mass is 785 g/mol. The lowest BCUT2D eigenvalue weighted by molar-refractivity contribution is 0.108. The Morgan fingerprint density at radius 3 is 1.38 bits per heavy atom. The van der Waals surface area contributed by atoms with E-state index in [4.69, 9.17) is 16.9 Å². The van der Waals surface area contributed by atoms with Crippen molar-refractivity contribution in [3.63, 3.8) is 0 Å². The van der Waals surface area contributed by atoms with E-state index in [1.54, 1.807) is 72.8 Å². The molecule has 0 N–H and O–H groups in total. The van der Waals surface area contributed by atoms with Gasteiger partial charge in [-0.05, 0) is 121 Å². The number of nitrogens with zero attached hydrogens (tertiary/aromatic N) is 1. The van der Waals surface area contributed by atoms with Crippen LogP contribution >= 0.6 is 57.8 Å². The maximum Gasteiger partial charge on any atom is 0.225 e. The minimum Gasteiger partial charge on any atom is -0.289 e. The number of carbonyl (C=O) groups is 2.